The van der Waals surface area contributed by atoms with E-state index in [1.54, 1.807) is 6.07 Å². The number of carbonyl (C=O) groups is 2. The van der Waals surface area contributed by atoms with E-state index in [9.17, 15) is 19.1 Å². The minimum Gasteiger partial charge on any atom is -0.480 e. The molecule has 1 amide bonds. The van der Waals surface area contributed by atoms with E-state index < -0.39 is 17.8 Å². The molecule has 1 saturated heterocycles. The van der Waals surface area contributed by atoms with Crippen LogP contribution in [-0.4, -0.2) is 47.6 Å². The van der Waals surface area contributed by atoms with E-state index in [0.29, 0.717) is 12.1 Å². The summed E-state index contributed by atoms with van der Waals surface area (Å²) < 4.78 is 13.2. The summed E-state index contributed by atoms with van der Waals surface area (Å²) in [5.74, 6) is -1.80. The molecule has 24 heavy (non-hydrogen) atoms. The summed E-state index contributed by atoms with van der Waals surface area (Å²) in [6.07, 6.45) is 5.13. The maximum absolute atomic E-state index is 13.2. The number of amides is 1. The van der Waals surface area contributed by atoms with Gasteiger partial charge in [-0.25, -0.2) is 9.18 Å². The summed E-state index contributed by atoms with van der Waals surface area (Å²) in [6.45, 7) is 2.65. The maximum Gasteiger partial charge on any atom is 0.326 e. The molecule has 1 heterocycles. The van der Waals surface area contributed by atoms with Crippen molar-refractivity contribution in [2.45, 2.75) is 44.6 Å². The van der Waals surface area contributed by atoms with Crippen molar-refractivity contribution < 1.29 is 19.1 Å². The first kappa shape index (κ1) is 18.4. The third-order valence-corrected chi connectivity index (χ3v) is 4.32. The molecule has 0 radical (unpaired) electrons. The zero-order valence-electron chi connectivity index (χ0n) is 13.8. The maximum atomic E-state index is 13.2. The number of carboxylic acids is 1. The van der Waals surface area contributed by atoms with Crippen LogP contribution in [-0.2, 0) is 16.0 Å². The molecule has 1 fully saturated rings. The molecule has 1 aromatic carbocycles. The minimum absolute atomic E-state index is 0.0720. The lowest BCUT2D eigenvalue weighted by Crippen LogP contribution is -2.43. The third-order valence-electron chi connectivity index (χ3n) is 4.32. The molecule has 0 bridgehead atoms. The molecule has 5 nitrogen and oxygen atoms in total. The molecule has 132 valence electrons. The van der Waals surface area contributed by atoms with Crippen LogP contribution < -0.4 is 5.32 Å². The molecular weight excluding hydrogens is 311 g/mol. The van der Waals surface area contributed by atoms with Gasteiger partial charge in [-0.2, -0.15) is 0 Å². The fourth-order valence-corrected chi connectivity index (χ4v) is 2.99. The van der Waals surface area contributed by atoms with E-state index >= 15 is 0 Å². The van der Waals surface area contributed by atoms with E-state index in [2.05, 4.69) is 10.2 Å². The van der Waals surface area contributed by atoms with Crippen molar-refractivity contribution >= 4 is 11.9 Å². The topological polar surface area (TPSA) is 69.6 Å². The van der Waals surface area contributed by atoms with Gasteiger partial charge in [0.2, 0.25) is 5.91 Å². The second-order valence-electron chi connectivity index (χ2n) is 6.30. The van der Waals surface area contributed by atoms with E-state index in [1.165, 1.54) is 31.0 Å². The Kier molecular flexibility index (Phi) is 7.18. The van der Waals surface area contributed by atoms with Gasteiger partial charge >= 0.3 is 5.97 Å². The largest absolute Gasteiger partial charge is 0.480 e. The summed E-state index contributed by atoms with van der Waals surface area (Å²) in [5.41, 5.74) is 0.551. The number of carbonyl (C=O) groups excluding carboxylic acids is 1. The lowest BCUT2D eigenvalue weighted by Gasteiger charge is -2.20. The molecule has 0 saturated carbocycles. The van der Waals surface area contributed by atoms with Crippen molar-refractivity contribution in [1.82, 2.24) is 10.2 Å². The highest BCUT2D eigenvalue weighted by Gasteiger charge is 2.21. The lowest BCUT2D eigenvalue weighted by molar-refractivity contribution is -0.141. The van der Waals surface area contributed by atoms with Crippen LogP contribution >= 0.6 is 0 Å². The smallest absolute Gasteiger partial charge is 0.326 e. The van der Waals surface area contributed by atoms with Gasteiger partial charge in [0.25, 0.3) is 0 Å². The highest BCUT2D eigenvalue weighted by atomic mass is 19.1. The molecule has 1 unspecified atom stereocenters. The Morgan fingerprint density at radius 2 is 1.92 bits per heavy atom. The molecular formula is C18H25FN2O3. The molecule has 0 aromatic heterocycles. The first-order valence-electron chi connectivity index (χ1n) is 8.53. The number of benzene rings is 1. The van der Waals surface area contributed by atoms with Crippen LogP contribution in [0.15, 0.2) is 24.3 Å². The Morgan fingerprint density at radius 1 is 1.21 bits per heavy atom. The standard InChI is InChI=1S/C18H25FN2O3/c19-15-7-5-6-14(12-15)13-16(18(23)24)20-17(22)8-11-21-9-3-1-2-4-10-21/h5-7,12,16H,1-4,8-11,13H2,(H,20,22)(H,23,24). The second kappa shape index (κ2) is 9.37. The molecule has 1 aromatic rings. The van der Waals surface area contributed by atoms with Gasteiger partial charge in [0.1, 0.15) is 11.9 Å². The van der Waals surface area contributed by atoms with Crippen LogP contribution in [0.5, 0.6) is 0 Å². The Morgan fingerprint density at radius 3 is 2.54 bits per heavy atom. The van der Waals surface area contributed by atoms with Gasteiger partial charge in [-0.3, -0.25) is 4.79 Å². The Bertz CT molecular complexity index is 557. The molecule has 2 rings (SSSR count). The van der Waals surface area contributed by atoms with Crippen molar-refractivity contribution in [3.63, 3.8) is 0 Å². The van der Waals surface area contributed by atoms with E-state index in [-0.39, 0.29) is 18.7 Å². The summed E-state index contributed by atoms with van der Waals surface area (Å²) in [5, 5.41) is 11.8. The second-order valence-corrected chi connectivity index (χ2v) is 6.30. The zero-order chi connectivity index (χ0) is 17.4. The molecule has 2 N–H and O–H groups in total. The third kappa shape index (κ3) is 6.28. The summed E-state index contributed by atoms with van der Waals surface area (Å²) in [6, 6.07) is 4.74. The Balaban J connectivity index is 1.83. The van der Waals surface area contributed by atoms with Crippen LogP contribution in [0.25, 0.3) is 0 Å². The molecule has 6 heteroatoms. The Labute approximate surface area is 141 Å². The number of halogens is 1. The van der Waals surface area contributed by atoms with Crippen LogP contribution in [0.4, 0.5) is 4.39 Å². The normalized spacial score (nSPS) is 17.0. The first-order valence-corrected chi connectivity index (χ1v) is 8.53. The number of nitrogens with one attached hydrogen (secondary N) is 1. The molecule has 1 aliphatic heterocycles. The SMILES string of the molecule is O=C(CCN1CCCCCC1)NC(Cc1cccc(F)c1)C(=O)O. The van der Waals surface area contributed by atoms with Crippen molar-refractivity contribution in [1.29, 1.82) is 0 Å². The van der Waals surface area contributed by atoms with Gasteiger partial charge < -0.3 is 15.3 Å². The average molecular weight is 336 g/mol. The van der Waals surface area contributed by atoms with Gasteiger partial charge in [-0.1, -0.05) is 25.0 Å². The van der Waals surface area contributed by atoms with Crippen molar-refractivity contribution in [2.24, 2.45) is 0 Å². The molecule has 1 aliphatic rings. The van der Waals surface area contributed by atoms with Gasteiger partial charge in [0, 0.05) is 19.4 Å². The summed E-state index contributed by atoms with van der Waals surface area (Å²) in [7, 11) is 0. The summed E-state index contributed by atoms with van der Waals surface area (Å²) >= 11 is 0. The number of aliphatic carboxylic acids is 1. The minimum atomic E-state index is -1.11. The predicted octanol–water partition coefficient (Wildman–Crippen LogP) is 2.20. The van der Waals surface area contributed by atoms with Crippen LogP contribution in [0.1, 0.15) is 37.7 Å². The predicted molar refractivity (Wildman–Crippen MR) is 89.2 cm³/mol. The highest BCUT2D eigenvalue weighted by molar-refractivity contribution is 5.83. The van der Waals surface area contributed by atoms with Crippen molar-refractivity contribution in [2.75, 3.05) is 19.6 Å². The van der Waals surface area contributed by atoms with Crippen LogP contribution in [0.2, 0.25) is 0 Å². The summed E-state index contributed by atoms with van der Waals surface area (Å²) in [4.78, 5) is 25.7. The number of likely N-dealkylation sites (tertiary alicyclic amines) is 1. The lowest BCUT2D eigenvalue weighted by atomic mass is 10.1. The molecule has 0 spiro atoms. The van der Waals surface area contributed by atoms with Gasteiger partial charge in [-0.15, -0.1) is 0 Å². The fourth-order valence-electron chi connectivity index (χ4n) is 2.99. The number of hydrogen-bond donors (Lipinski definition) is 2. The van der Waals surface area contributed by atoms with Crippen molar-refractivity contribution in [3.8, 4) is 0 Å². The fraction of sp³-hybridized carbons (Fsp3) is 0.556. The highest BCUT2D eigenvalue weighted by Crippen LogP contribution is 2.10. The van der Waals surface area contributed by atoms with E-state index in [1.807, 2.05) is 0 Å². The first-order chi connectivity index (χ1) is 11.5. The molecule has 1 atom stereocenters. The number of nitrogens with zero attached hydrogens (tertiary/aromatic N) is 1. The van der Waals surface area contributed by atoms with Crippen LogP contribution in [0.3, 0.4) is 0 Å². The van der Waals surface area contributed by atoms with Crippen molar-refractivity contribution in [3.05, 3.63) is 35.6 Å². The van der Waals surface area contributed by atoms with E-state index in [4.69, 9.17) is 0 Å². The van der Waals surface area contributed by atoms with E-state index in [0.717, 1.165) is 25.9 Å². The Hall–Kier alpha value is -1.95. The number of rotatable bonds is 7. The van der Waals surface area contributed by atoms with Gasteiger partial charge in [0.05, 0.1) is 0 Å². The average Bonchev–Trinajstić information content (AvgIpc) is 2.81. The monoisotopic (exact) mass is 336 g/mol. The number of carboxylic acid groups (broad SMARTS) is 1. The number of hydrogen-bond acceptors (Lipinski definition) is 3. The van der Waals surface area contributed by atoms with Gasteiger partial charge in [0.15, 0.2) is 0 Å². The van der Waals surface area contributed by atoms with Crippen LogP contribution in [0, 0.1) is 5.82 Å². The zero-order valence-corrected chi connectivity index (χ0v) is 13.8. The van der Waals surface area contributed by atoms with Gasteiger partial charge in [-0.05, 0) is 43.6 Å². The molecule has 0 aliphatic carbocycles. The quantitative estimate of drug-likeness (QED) is 0.801.